The first kappa shape index (κ1) is 16.4. The second-order valence-electron chi connectivity index (χ2n) is 6.64. The van der Waals surface area contributed by atoms with Crippen LogP contribution in [0, 0.1) is 5.82 Å². The molecule has 4 rings (SSSR count). The Hall–Kier alpha value is -2.08. The summed E-state index contributed by atoms with van der Waals surface area (Å²) in [6.07, 6.45) is 4.02. The molecule has 2 aliphatic rings. The number of anilines is 2. The van der Waals surface area contributed by atoms with Gasteiger partial charge >= 0.3 is 0 Å². The molecule has 0 amide bonds. The van der Waals surface area contributed by atoms with E-state index in [-0.39, 0.29) is 4.90 Å². The minimum atomic E-state index is -3.68. The maximum absolute atomic E-state index is 13.2. The lowest BCUT2D eigenvalue weighted by molar-refractivity contribution is 0.585. The van der Waals surface area contributed by atoms with Gasteiger partial charge in [0.1, 0.15) is 5.82 Å². The normalized spacial score (nSPS) is 17.6. The van der Waals surface area contributed by atoms with Gasteiger partial charge in [0.2, 0.25) is 0 Å². The first-order valence-corrected chi connectivity index (χ1v) is 10.2. The molecule has 0 aliphatic carbocycles. The summed E-state index contributed by atoms with van der Waals surface area (Å²) in [6, 6.07) is 11.2. The number of nitrogens with zero attached hydrogens (tertiary/aromatic N) is 2. The van der Waals surface area contributed by atoms with Crippen LogP contribution in [0.2, 0.25) is 0 Å². The summed E-state index contributed by atoms with van der Waals surface area (Å²) in [5.41, 5.74) is 2.90. The molecule has 0 radical (unpaired) electrons. The van der Waals surface area contributed by atoms with Crippen LogP contribution in [-0.2, 0) is 16.4 Å². The topological polar surface area (TPSA) is 40.6 Å². The molecule has 132 valence electrons. The summed E-state index contributed by atoms with van der Waals surface area (Å²) >= 11 is 0. The average molecular weight is 360 g/mol. The molecule has 0 unspecified atom stereocenters. The van der Waals surface area contributed by atoms with Gasteiger partial charge < -0.3 is 4.90 Å². The highest BCUT2D eigenvalue weighted by atomic mass is 32.2. The smallest absolute Gasteiger partial charge is 0.264 e. The molecule has 25 heavy (non-hydrogen) atoms. The van der Waals surface area contributed by atoms with Crippen molar-refractivity contribution < 1.29 is 12.8 Å². The van der Waals surface area contributed by atoms with Crippen LogP contribution in [-0.4, -0.2) is 28.1 Å². The molecule has 6 heteroatoms. The van der Waals surface area contributed by atoms with Crippen LogP contribution in [0.4, 0.5) is 15.8 Å². The number of benzene rings is 2. The molecule has 0 bridgehead atoms. The molecule has 2 aromatic carbocycles. The molecule has 0 saturated carbocycles. The monoisotopic (exact) mass is 360 g/mol. The van der Waals surface area contributed by atoms with Gasteiger partial charge in [-0.1, -0.05) is 6.07 Å². The van der Waals surface area contributed by atoms with Gasteiger partial charge in [0.15, 0.2) is 0 Å². The summed E-state index contributed by atoms with van der Waals surface area (Å²) in [4.78, 5) is 2.44. The van der Waals surface area contributed by atoms with E-state index in [9.17, 15) is 12.8 Å². The minimum absolute atomic E-state index is 0.133. The third-order valence-electron chi connectivity index (χ3n) is 5.02. The molecule has 0 aromatic heterocycles. The number of halogens is 1. The summed E-state index contributed by atoms with van der Waals surface area (Å²) in [5, 5.41) is 0. The van der Waals surface area contributed by atoms with Crippen LogP contribution < -0.4 is 9.21 Å². The van der Waals surface area contributed by atoms with Gasteiger partial charge in [0.05, 0.1) is 10.6 Å². The molecular formula is C19H21FN2O2S. The molecule has 1 fully saturated rings. The maximum Gasteiger partial charge on any atom is 0.264 e. The second kappa shape index (κ2) is 6.33. The van der Waals surface area contributed by atoms with Gasteiger partial charge in [-0.15, -0.1) is 0 Å². The van der Waals surface area contributed by atoms with Crippen LogP contribution in [0.1, 0.15) is 24.8 Å². The van der Waals surface area contributed by atoms with Crippen molar-refractivity contribution in [2.45, 2.75) is 30.6 Å². The highest BCUT2D eigenvalue weighted by molar-refractivity contribution is 7.92. The number of sulfonamides is 1. The van der Waals surface area contributed by atoms with Crippen LogP contribution in [0.3, 0.4) is 0 Å². The number of rotatable bonds is 3. The first-order valence-electron chi connectivity index (χ1n) is 8.72. The summed E-state index contributed by atoms with van der Waals surface area (Å²) in [6.45, 7) is 2.49. The van der Waals surface area contributed by atoms with E-state index < -0.39 is 15.8 Å². The highest BCUT2D eigenvalue weighted by Crippen LogP contribution is 2.35. The zero-order chi connectivity index (χ0) is 17.4. The fourth-order valence-electron chi connectivity index (χ4n) is 3.68. The highest BCUT2D eigenvalue weighted by Gasteiger charge is 2.30. The van der Waals surface area contributed by atoms with E-state index in [2.05, 4.69) is 17.0 Å². The Bertz CT molecular complexity index is 875. The van der Waals surface area contributed by atoms with Gasteiger partial charge in [0.25, 0.3) is 10.0 Å². The maximum atomic E-state index is 13.2. The van der Waals surface area contributed by atoms with E-state index in [1.54, 1.807) is 0 Å². The largest absolute Gasteiger partial charge is 0.371 e. The fourth-order valence-corrected chi connectivity index (χ4v) is 5.22. The number of aryl methyl sites for hydroxylation is 1. The molecule has 4 nitrogen and oxygen atoms in total. The number of fused-ring (bicyclic) bond motifs is 1. The molecular weight excluding hydrogens is 339 g/mol. The predicted molar refractivity (Wildman–Crippen MR) is 97.1 cm³/mol. The Balaban J connectivity index is 1.75. The van der Waals surface area contributed by atoms with Crippen molar-refractivity contribution in [3.63, 3.8) is 0 Å². The molecule has 1 saturated heterocycles. The predicted octanol–water partition coefficient (Wildman–Crippen LogP) is 3.57. The summed E-state index contributed by atoms with van der Waals surface area (Å²) in [7, 11) is -3.68. The standard InChI is InChI=1S/C19H21FN2O2S/c20-16-6-9-18(10-7-16)25(23,24)22-13-3-4-15-5-8-17(14-19(15)22)21-11-1-2-12-21/h5-10,14H,1-4,11-13H2. The molecule has 0 spiro atoms. The quantitative estimate of drug-likeness (QED) is 0.840. The van der Waals surface area contributed by atoms with E-state index in [1.807, 2.05) is 6.07 Å². The lowest BCUT2D eigenvalue weighted by atomic mass is 10.0. The van der Waals surface area contributed by atoms with E-state index >= 15 is 0 Å². The molecule has 2 aromatic rings. The van der Waals surface area contributed by atoms with Crippen molar-refractivity contribution in [2.75, 3.05) is 28.8 Å². The Kier molecular flexibility index (Phi) is 4.15. The molecule has 2 aliphatic heterocycles. The lowest BCUT2D eigenvalue weighted by Gasteiger charge is -2.32. The minimum Gasteiger partial charge on any atom is -0.371 e. The fraction of sp³-hybridized carbons (Fsp3) is 0.368. The SMILES string of the molecule is O=S(=O)(c1ccc(F)cc1)N1CCCc2ccc(N3CCCC3)cc21. The lowest BCUT2D eigenvalue weighted by Crippen LogP contribution is -2.35. The molecule has 0 N–H and O–H groups in total. The van der Waals surface area contributed by atoms with Crippen molar-refractivity contribution in [1.82, 2.24) is 0 Å². The average Bonchev–Trinajstić information content (AvgIpc) is 3.16. The number of hydrogen-bond acceptors (Lipinski definition) is 3. The van der Waals surface area contributed by atoms with Gasteiger partial charge in [-0.05, 0) is 67.6 Å². The van der Waals surface area contributed by atoms with Crippen molar-refractivity contribution in [3.8, 4) is 0 Å². The van der Waals surface area contributed by atoms with Gasteiger partial charge in [-0.3, -0.25) is 4.31 Å². The van der Waals surface area contributed by atoms with Crippen LogP contribution in [0.15, 0.2) is 47.4 Å². The van der Waals surface area contributed by atoms with Crippen molar-refractivity contribution >= 4 is 21.4 Å². The zero-order valence-corrected chi connectivity index (χ0v) is 14.8. The van der Waals surface area contributed by atoms with Gasteiger partial charge in [-0.2, -0.15) is 0 Å². The van der Waals surface area contributed by atoms with Crippen LogP contribution >= 0.6 is 0 Å². The summed E-state index contributed by atoms with van der Waals surface area (Å²) in [5.74, 6) is -0.436. The van der Waals surface area contributed by atoms with E-state index in [1.165, 1.54) is 41.4 Å². The van der Waals surface area contributed by atoms with E-state index in [0.717, 1.165) is 42.9 Å². The first-order chi connectivity index (χ1) is 12.1. The molecule has 2 heterocycles. The number of hydrogen-bond donors (Lipinski definition) is 0. The van der Waals surface area contributed by atoms with Crippen LogP contribution in [0.5, 0.6) is 0 Å². The van der Waals surface area contributed by atoms with Gasteiger partial charge in [0, 0.05) is 25.3 Å². The van der Waals surface area contributed by atoms with E-state index in [0.29, 0.717) is 6.54 Å². The zero-order valence-electron chi connectivity index (χ0n) is 14.0. The Labute approximate surface area is 147 Å². The van der Waals surface area contributed by atoms with Crippen molar-refractivity contribution in [2.24, 2.45) is 0 Å². The van der Waals surface area contributed by atoms with Crippen molar-refractivity contribution in [1.29, 1.82) is 0 Å². The Morgan fingerprint density at radius 2 is 1.60 bits per heavy atom. The Morgan fingerprint density at radius 3 is 2.32 bits per heavy atom. The van der Waals surface area contributed by atoms with Crippen molar-refractivity contribution in [3.05, 3.63) is 53.8 Å². The third kappa shape index (κ3) is 2.99. The summed E-state index contributed by atoms with van der Waals surface area (Å²) < 4.78 is 40.8. The van der Waals surface area contributed by atoms with Crippen LogP contribution in [0.25, 0.3) is 0 Å². The third-order valence-corrected chi connectivity index (χ3v) is 6.85. The Morgan fingerprint density at radius 1 is 0.880 bits per heavy atom. The van der Waals surface area contributed by atoms with Gasteiger partial charge in [-0.25, -0.2) is 12.8 Å². The van der Waals surface area contributed by atoms with E-state index in [4.69, 9.17) is 0 Å². The molecule has 0 atom stereocenters. The second-order valence-corrected chi connectivity index (χ2v) is 8.50.